The van der Waals surface area contributed by atoms with Crippen LogP contribution in [0.2, 0.25) is 5.02 Å². The highest BCUT2D eigenvalue weighted by molar-refractivity contribution is 7.98. The molecule has 108 valence electrons. The summed E-state index contributed by atoms with van der Waals surface area (Å²) < 4.78 is 0. The Morgan fingerprint density at radius 3 is 2.37 bits per heavy atom. The molecule has 0 heterocycles. The fraction of sp³-hybridized carbons (Fsp3) is 0.625. The molecule has 1 rings (SSSR count). The first-order valence-corrected chi connectivity index (χ1v) is 8.69. The van der Waals surface area contributed by atoms with E-state index in [0.717, 1.165) is 11.6 Å². The van der Waals surface area contributed by atoms with Crippen LogP contribution in [0.5, 0.6) is 0 Å². The smallest absolute Gasteiger partial charge is 0.0406 e. The van der Waals surface area contributed by atoms with Crippen molar-refractivity contribution in [3.8, 4) is 0 Å². The van der Waals surface area contributed by atoms with Gasteiger partial charge in [0.05, 0.1) is 0 Å². The summed E-state index contributed by atoms with van der Waals surface area (Å²) in [4.78, 5) is 0. The van der Waals surface area contributed by atoms with Gasteiger partial charge in [-0.15, -0.1) is 0 Å². The average Bonchev–Trinajstić information content (AvgIpc) is 2.34. The molecule has 1 aromatic carbocycles. The number of halogens is 1. The van der Waals surface area contributed by atoms with Crippen LogP contribution in [0.3, 0.4) is 0 Å². The predicted octanol–water partition coefficient (Wildman–Crippen LogP) is 4.95. The minimum atomic E-state index is 0.171. The number of thioether (sulfide) groups is 1. The monoisotopic (exact) mass is 299 g/mol. The molecule has 0 aliphatic heterocycles. The van der Waals surface area contributed by atoms with E-state index in [1.165, 1.54) is 24.2 Å². The van der Waals surface area contributed by atoms with Crippen molar-refractivity contribution in [1.29, 1.82) is 0 Å². The van der Waals surface area contributed by atoms with E-state index in [1.54, 1.807) is 0 Å². The van der Waals surface area contributed by atoms with Crippen LogP contribution in [0.25, 0.3) is 0 Å². The Hall–Kier alpha value is -0.180. The highest BCUT2D eigenvalue weighted by Gasteiger charge is 2.15. The SMILES string of the molecule is CSCCCC(CNC(C)(C)C)c1ccc(Cl)cc1. The molecule has 0 aromatic heterocycles. The number of hydrogen-bond acceptors (Lipinski definition) is 2. The van der Waals surface area contributed by atoms with Crippen molar-refractivity contribution < 1.29 is 0 Å². The molecule has 1 atom stereocenters. The third-order valence-electron chi connectivity index (χ3n) is 3.12. The Kier molecular flexibility index (Phi) is 7.27. The fourth-order valence-electron chi connectivity index (χ4n) is 2.02. The highest BCUT2D eigenvalue weighted by Crippen LogP contribution is 2.24. The normalized spacial score (nSPS) is 13.5. The third kappa shape index (κ3) is 7.24. The summed E-state index contributed by atoms with van der Waals surface area (Å²) in [6, 6.07) is 8.32. The summed E-state index contributed by atoms with van der Waals surface area (Å²) >= 11 is 7.90. The van der Waals surface area contributed by atoms with Crippen LogP contribution in [0.15, 0.2) is 24.3 Å². The fourth-order valence-corrected chi connectivity index (χ4v) is 2.61. The van der Waals surface area contributed by atoms with Gasteiger partial charge in [-0.3, -0.25) is 0 Å². The molecule has 19 heavy (non-hydrogen) atoms. The van der Waals surface area contributed by atoms with E-state index >= 15 is 0 Å². The van der Waals surface area contributed by atoms with E-state index in [4.69, 9.17) is 11.6 Å². The van der Waals surface area contributed by atoms with E-state index < -0.39 is 0 Å². The van der Waals surface area contributed by atoms with Crippen molar-refractivity contribution >= 4 is 23.4 Å². The maximum absolute atomic E-state index is 5.97. The molecule has 1 aromatic rings. The average molecular weight is 300 g/mol. The topological polar surface area (TPSA) is 12.0 Å². The van der Waals surface area contributed by atoms with Gasteiger partial charge in [0.25, 0.3) is 0 Å². The molecular formula is C16H26ClNS. The highest BCUT2D eigenvalue weighted by atomic mass is 35.5. The molecule has 0 aliphatic carbocycles. The zero-order chi connectivity index (χ0) is 14.3. The molecule has 0 amide bonds. The van der Waals surface area contributed by atoms with Crippen molar-refractivity contribution in [2.45, 2.75) is 45.1 Å². The van der Waals surface area contributed by atoms with Gasteiger partial charge >= 0.3 is 0 Å². The minimum absolute atomic E-state index is 0.171. The van der Waals surface area contributed by atoms with E-state index in [9.17, 15) is 0 Å². The quantitative estimate of drug-likeness (QED) is 0.715. The summed E-state index contributed by atoms with van der Waals surface area (Å²) in [6.07, 6.45) is 4.66. The molecule has 0 aliphatic rings. The van der Waals surface area contributed by atoms with Crippen LogP contribution in [-0.2, 0) is 0 Å². The molecule has 0 saturated carbocycles. The number of rotatable bonds is 7. The standard InChI is InChI=1S/C16H26ClNS/c1-16(2,3)18-12-14(6-5-11-19-4)13-7-9-15(17)10-8-13/h7-10,14,18H,5-6,11-12H2,1-4H3. The van der Waals surface area contributed by atoms with Crippen LogP contribution in [0.4, 0.5) is 0 Å². The number of hydrogen-bond donors (Lipinski definition) is 1. The maximum atomic E-state index is 5.97. The van der Waals surface area contributed by atoms with Gasteiger partial charge in [0, 0.05) is 17.1 Å². The summed E-state index contributed by atoms with van der Waals surface area (Å²) in [5.41, 5.74) is 1.56. The van der Waals surface area contributed by atoms with E-state index in [2.05, 4.69) is 44.5 Å². The van der Waals surface area contributed by atoms with Gasteiger partial charge < -0.3 is 5.32 Å². The minimum Gasteiger partial charge on any atom is -0.311 e. The van der Waals surface area contributed by atoms with Gasteiger partial charge in [-0.1, -0.05) is 23.7 Å². The Bertz CT molecular complexity index is 356. The van der Waals surface area contributed by atoms with Gasteiger partial charge in [-0.25, -0.2) is 0 Å². The lowest BCUT2D eigenvalue weighted by atomic mass is 9.93. The second kappa shape index (κ2) is 8.18. The van der Waals surface area contributed by atoms with E-state index in [-0.39, 0.29) is 5.54 Å². The number of benzene rings is 1. The molecule has 0 radical (unpaired) electrons. The molecule has 1 nitrogen and oxygen atoms in total. The van der Waals surface area contributed by atoms with Gasteiger partial charge in [0.1, 0.15) is 0 Å². The van der Waals surface area contributed by atoms with Gasteiger partial charge in [0.15, 0.2) is 0 Å². The lowest BCUT2D eigenvalue weighted by Crippen LogP contribution is -2.38. The molecule has 0 saturated heterocycles. The number of nitrogens with one attached hydrogen (secondary N) is 1. The lowest BCUT2D eigenvalue weighted by Gasteiger charge is -2.25. The van der Waals surface area contributed by atoms with Gasteiger partial charge in [-0.05, 0) is 69.2 Å². The lowest BCUT2D eigenvalue weighted by molar-refractivity contribution is 0.398. The van der Waals surface area contributed by atoms with Crippen molar-refractivity contribution in [2.24, 2.45) is 0 Å². The molecule has 0 spiro atoms. The predicted molar refractivity (Wildman–Crippen MR) is 89.6 cm³/mol. The van der Waals surface area contributed by atoms with Crippen LogP contribution >= 0.6 is 23.4 Å². The maximum Gasteiger partial charge on any atom is 0.0406 e. The molecule has 1 N–H and O–H groups in total. The molecule has 0 fully saturated rings. The Morgan fingerprint density at radius 1 is 1.21 bits per heavy atom. The van der Waals surface area contributed by atoms with Crippen molar-refractivity contribution in [3.63, 3.8) is 0 Å². The summed E-state index contributed by atoms with van der Waals surface area (Å²) in [7, 11) is 0. The molecule has 0 bridgehead atoms. The van der Waals surface area contributed by atoms with Crippen LogP contribution in [0.1, 0.15) is 45.1 Å². The van der Waals surface area contributed by atoms with Crippen LogP contribution in [-0.4, -0.2) is 24.1 Å². The molecule has 3 heteroatoms. The first-order valence-electron chi connectivity index (χ1n) is 6.92. The second-order valence-electron chi connectivity index (χ2n) is 6.01. The van der Waals surface area contributed by atoms with Gasteiger partial charge in [-0.2, -0.15) is 11.8 Å². The zero-order valence-electron chi connectivity index (χ0n) is 12.5. The first-order chi connectivity index (χ1) is 8.92. The summed E-state index contributed by atoms with van der Waals surface area (Å²) in [5.74, 6) is 1.81. The summed E-state index contributed by atoms with van der Waals surface area (Å²) in [5, 5.41) is 4.44. The molecule has 1 unspecified atom stereocenters. The third-order valence-corrected chi connectivity index (χ3v) is 4.07. The molecular weight excluding hydrogens is 274 g/mol. The van der Waals surface area contributed by atoms with Crippen LogP contribution < -0.4 is 5.32 Å². The largest absolute Gasteiger partial charge is 0.311 e. The van der Waals surface area contributed by atoms with Crippen molar-refractivity contribution in [1.82, 2.24) is 5.32 Å². The second-order valence-corrected chi connectivity index (χ2v) is 7.44. The van der Waals surface area contributed by atoms with E-state index in [0.29, 0.717) is 5.92 Å². The Labute approximate surface area is 127 Å². The Morgan fingerprint density at radius 2 is 1.84 bits per heavy atom. The van der Waals surface area contributed by atoms with Crippen molar-refractivity contribution in [2.75, 3.05) is 18.6 Å². The van der Waals surface area contributed by atoms with Crippen molar-refractivity contribution in [3.05, 3.63) is 34.9 Å². The van der Waals surface area contributed by atoms with Crippen LogP contribution in [0, 0.1) is 0 Å². The van der Waals surface area contributed by atoms with Gasteiger partial charge in [0.2, 0.25) is 0 Å². The zero-order valence-corrected chi connectivity index (χ0v) is 14.1. The Balaban J connectivity index is 2.65. The first kappa shape index (κ1) is 16.9. The summed E-state index contributed by atoms with van der Waals surface area (Å²) in [6.45, 7) is 7.68. The van der Waals surface area contributed by atoms with E-state index in [1.807, 2.05) is 23.9 Å².